The molecule has 1 fully saturated rings. The number of hydrogen-bond donors (Lipinski definition) is 1. The fraction of sp³-hybridized carbons (Fsp3) is 0.625. The summed E-state index contributed by atoms with van der Waals surface area (Å²) in [7, 11) is 0. The molecule has 106 valence electrons. The van der Waals surface area contributed by atoms with Crippen LogP contribution in [0.5, 0.6) is 5.75 Å². The molecule has 19 heavy (non-hydrogen) atoms. The van der Waals surface area contributed by atoms with E-state index in [0.29, 0.717) is 12.2 Å². The second kappa shape index (κ2) is 6.29. The van der Waals surface area contributed by atoms with E-state index in [1.165, 1.54) is 17.7 Å². The van der Waals surface area contributed by atoms with Crippen molar-refractivity contribution in [3.63, 3.8) is 0 Å². The first-order valence-electron chi connectivity index (χ1n) is 7.21. The Hall–Kier alpha value is -1.22. The van der Waals surface area contributed by atoms with Gasteiger partial charge in [0.2, 0.25) is 0 Å². The molecule has 2 unspecified atom stereocenters. The topological polar surface area (TPSA) is 30.5 Å². The van der Waals surface area contributed by atoms with Gasteiger partial charge in [-0.05, 0) is 64.3 Å². The average molecular weight is 263 g/mol. The quantitative estimate of drug-likeness (QED) is 0.877. The minimum atomic E-state index is 0.214. The lowest BCUT2D eigenvalue weighted by atomic mass is 10.1. The second-order valence-electron chi connectivity index (χ2n) is 5.67. The molecule has 0 amide bonds. The van der Waals surface area contributed by atoms with E-state index in [1.807, 2.05) is 19.9 Å². The number of benzene rings is 1. The van der Waals surface area contributed by atoms with E-state index in [0.717, 1.165) is 18.7 Å². The molecule has 0 aromatic heterocycles. The summed E-state index contributed by atoms with van der Waals surface area (Å²) in [5.41, 5.74) is 2.38. The summed E-state index contributed by atoms with van der Waals surface area (Å²) in [6, 6.07) is 6.19. The summed E-state index contributed by atoms with van der Waals surface area (Å²) in [6.07, 6.45) is 3.30. The monoisotopic (exact) mass is 263 g/mol. The third kappa shape index (κ3) is 4.13. The molecule has 2 atom stereocenters. The number of rotatable bonds is 5. The van der Waals surface area contributed by atoms with Crippen molar-refractivity contribution in [2.45, 2.75) is 58.8 Å². The number of anilines is 1. The molecular weight excluding hydrogens is 238 g/mol. The van der Waals surface area contributed by atoms with Crippen LogP contribution in [0, 0.1) is 6.92 Å². The summed E-state index contributed by atoms with van der Waals surface area (Å²) in [5, 5.41) is 3.48. The highest BCUT2D eigenvalue weighted by Crippen LogP contribution is 2.24. The molecule has 1 aliphatic heterocycles. The van der Waals surface area contributed by atoms with Crippen LogP contribution in [0.3, 0.4) is 0 Å². The van der Waals surface area contributed by atoms with E-state index < -0.39 is 0 Å². The Morgan fingerprint density at radius 2 is 2.16 bits per heavy atom. The zero-order valence-corrected chi connectivity index (χ0v) is 12.4. The molecule has 0 aliphatic carbocycles. The molecule has 1 aromatic carbocycles. The molecule has 2 rings (SSSR count). The first kappa shape index (κ1) is 14.2. The molecular formula is C16H25NO2. The summed E-state index contributed by atoms with van der Waals surface area (Å²) in [4.78, 5) is 0. The fourth-order valence-corrected chi connectivity index (χ4v) is 2.44. The molecule has 1 aliphatic rings. The predicted octanol–water partition coefficient (Wildman–Crippen LogP) is 3.76. The van der Waals surface area contributed by atoms with Gasteiger partial charge < -0.3 is 14.8 Å². The molecule has 1 aromatic rings. The number of hydrogen-bond acceptors (Lipinski definition) is 3. The number of aryl methyl sites for hydroxylation is 1. The van der Waals surface area contributed by atoms with E-state index in [9.17, 15) is 0 Å². The summed E-state index contributed by atoms with van der Waals surface area (Å²) in [6.45, 7) is 9.21. The standard InChI is InChI=1S/C16H25NO2/c1-11(2)18-14-7-8-16(12(3)9-14)17-10-15-6-5-13(4)19-15/h7-9,11,13,15,17H,5-6,10H2,1-4H3. The van der Waals surface area contributed by atoms with E-state index in [2.05, 4.69) is 31.3 Å². The van der Waals surface area contributed by atoms with Gasteiger partial charge in [-0.3, -0.25) is 0 Å². The zero-order valence-electron chi connectivity index (χ0n) is 12.4. The maximum Gasteiger partial charge on any atom is 0.120 e. The van der Waals surface area contributed by atoms with Crippen LogP contribution >= 0.6 is 0 Å². The SMILES string of the molecule is Cc1cc(OC(C)C)ccc1NCC1CCC(C)O1. The van der Waals surface area contributed by atoms with Crippen LogP contribution in [0.15, 0.2) is 18.2 Å². The summed E-state index contributed by atoms with van der Waals surface area (Å²) in [5.74, 6) is 0.934. The third-order valence-electron chi connectivity index (χ3n) is 3.41. The Bertz CT molecular complexity index is 417. The Kier molecular flexibility index (Phi) is 4.70. The third-order valence-corrected chi connectivity index (χ3v) is 3.41. The minimum Gasteiger partial charge on any atom is -0.491 e. The maximum atomic E-state index is 5.81. The van der Waals surface area contributed by atoms with Gasteiger partial charge in [0.25, 0.3) is 0 Å². The maximum absolute atomic E-state index is 5.81. The number of ether oxygens (including phenoxy) is 2. The Morgan fingerprint density at radius 3 is 2.74 bits per heavy atom. The highest BCUT2D eigenvalue weighted by atomic mass is 16.5. The molecule has 1 saturated heterocycles. The summed E-state index contributed by atoms with van der Waals surface area (Å²) >= 11 is 0. The van der Waals surface area contributed by atoms with Gasteiger partial charge >= 0.3 is 0 Å². The lowest BCUT2D eigenvalue weighted by Crippen LogP contribution is -2.20. The van der Waals surface area contributed by atoms with E-state index in [-0.39, 0.29) is 6.10 Å². The predicted molar refractivity (Wildman–Crippen MR) is 79.0 cm³/mol. The Balaban J connectivity index is 1.90. The van der Waals surface area contributed by atoms with Gasteiger partial charge in [-0.1, -0.05) is 0 Å². The van der Waals surface area contributed by atoms with Crippen LogP contribution in [0.4, 0.5) is 5.69 Å². The lowest BCUT2D eigenvalue weighted by molar-refractivity contribution is 0.0637. The molecule has 3 nitrogen and oxygen atoms in total. The van der Waals surface area contributed by atoms with Crippen molar-refractivity contribution in [2.75, 3.05) is 11.9 Å². The summed E-state index contributed by atoms with van der Waals surface area (Å²) < 4.78 is 11.5. The normalized spacial score (nSPS) is 22.8. The molecule has 0 saturated carbocycles. The highest BCUT2D eigenvalue weighted by Gasteiger charge is 2.21. The largest absolute Gasteiger partial charge is 0.491 e. The Labute approximate surface area is 116 Å². The highest BCUT2D eigenvalue weighted by molar-refractivity contribution is 5.53. The van der Waals surface area contributed by atoms with Crippen molar-refractivity contribution >= 4 is 5.69 Å². The van der Waals surface area contributed by atoms with Gasteiger partial charge in [-0.2, -0.15) is 0 Å². The fourth-order valence-electron chi connectivity index (χ4n) is 2.44. The van der Waals surface area contributed by atoms with Crippen LogP contribution in [0.2, 0.25) is 0 Å². The van der Waals surface area contributed by atoms with Crippen molar-refractivity contribution in [3.05, 3.63) is 23.8 Å². The van der Waals surface area contributed by atoms with Crippen molar-refractivity contribution < 1.29 is 9.47 Å². The van der Waals surface area contributed by atoms with Gasteiger partial charge in [0.05, 0.1) is 18.3 Å². The molecule has 0 bridgehead atoms. The van der Waals surface area contributed by atoms with Crippen molar-refractivity contribution in [1.29, 1.82) is 0 Å². The van der Waals surface area contributed by atoms with Crippen molar-refractivity contribution in [3.8, 4) is 5.75 Å². The van der Waals surface area contributed by atoms with Gasteiger partial charge in [0.1, 0.15) is 5.75 Å². The van der Waals surface area contributed by atoms with Gasteiger partial charge in [-0.15, -0.1) is 0 Å². The van der Waals surface area contributed by atoms with E-state index >= 15 is 0 Å². The second-order valence-corrected chi connectivity index (χ2v) is 5.67. The van der Waals surface area contributed by atoms with Crippen molar-refractivity contribution in [2.24, 2.45) is 0 Å². The molecule has 1 heterocycles. The Morgan fingerprint density at radius 1 is 1.37 bits per heavy atom. The van der Waals surface area contributed by atoms with Crippen molar-refractivity contribution in [1.82, 2.24) is 0 Å². The van der Waals surface area contributed by atoms with Gasteiger partial charge in [0, 0.05) is 12.2 Å². The van der Waals surface area contributed by atoms with Crippen LogP contribution < -0.4 is 10.1 Å². The molecule has 3 heteroatoms. The number of nitrogens with one attached hydrogen (secondary N) is 1. The van der Waals surface area contributed by atoms with Gasteiger partial charge in [-0.25, -0.2) is 0 Å². The van der Waals surface area contributed by atoms with E-state index in [4.69, 9.17) is 9.47 Å². The molecule has 0 spiro atoms. The van der Waals surface area contributed by atoms with E-state index in [1.54, 1.807) is 0 Å². The smallest absolute Gasteiger partial charge is 0.120 e. The first-order valence-corrected chi connectivity index (χ1v) is 7.21. The minimum absolute atomic E-state index is 0.214. The van der Waals surface area contributed by atoms with Crippen LogP contribution in [-0.2, 0) is 4.74 Å². The average Bonchev–Trinajstić information content (AvgIpc) is 2.73. The molecule has 0 radical (unpaired) electrons. The first-order chi connectivity index (χ1) is 9.04. The lowest BCUT2D eigenvalue weighted by Gasteiger charge is -2.16. The van der Waals surface area contributed by atoms with Crippen LogP contribution in [0.25, 0.3) is 0 Å². The van der Waals surface area contributed by atoms with Crippen LogP contribution in [-0.4, -0.2) is 24.9 Å². The van der Waals surface area contributed by atoms with Crippen LogP contribution in [0.1, 0.15) is 39.2 Å². The molecule has 1 N–H and O–H groups in total. The van der Waals surface area contributed by atoms with Gasteiger partial charge in [0.15, 0.2) is 0 Å². The zero-order chi connectivity index (χ0) is 13.8.